The Morgan fingerprint density at radius 1 is 0.760 bits per heavy atom. The molecule has 0 fully saturated rings. The van der Waals surface area contributed by atoms with Gasteiger partial charge in [0, 0.05) is 6.42 Å². The smallest absolute Gasteiger partial charge is 0.306 e. The van der Waals surface area contributed by atoms with Crippen molar-refractivity contribution in [3.8, 4) is 0 Å². The van der Waals surface area contributed by atoms with Gasteiger partial charge in [-0.15, -0.1) is 0 Å². The number of carboxylic acid groups (broad SMARTS) is 2. The van der Waals surface area contributed by atoms with Crippen LogP contribution in [0.5, 0.6) is 0 Å². The summed E-state index contributed by atoms with van der Waals surface area (Å²) in [6.07, 6.45) is 10.9. The van der Waals surface area contributed by atoms with Crippen molar-refractivity contribution < 1.29 is 19.8 Å². The molecule has 1 aromatic rings. The highest BCUT2D eigenvalue weighted by molar-refractivity contribution is 5.70. The molecule has 0 heterocycles. The van der Waals surface area contributed by atoms with Gasteiger partial charge in [-0.05, 0) is 37.7 Å². The second-order valence-corrected chi connectivity index (χ2v) is 6.82. The predicted octanol–water partition coefficient (Wildman–Crippen LogP) is 5.31. The van der Waals surface area contributed by atoms with Gasteiger partial charge in [0.2, 0.25) is 0 Å². The fourth-order valence-corrected chi connectivity index (χ4v) is 3.14. The topological polar surface area (TPSA) is 74.6 Å². The summed E-state index contributed by atoms with van der Waals surface area (Å²) in [6, 6.07) is 10.6. The Hall–Kier alpha value is -1.84. The summed E-state index contributed by atoms with van der Waals surface area (Å²) in [6.45, 7) is 0. The van der Waals surface area contributed by atoms with Crippen LogP contribution in [0.4, 0.5) is 0 Å². The third-order valence-electron chi connectivity index (χ3n) is 4.65. The summed E-state index contributed by atoms with van der Waals surface area (Å²) in [5.74, 6) is -2.02. The summed E-state index contributed by atoms with van der Waals surface area (Å²) in [7, 11) is 0. The number of carboxylic acids is 2. The van der Waals surface area contributed by atoms with Gasteiger partial charge in [0.1, 0.15) is 0 Å². The maximum Gasteiger partial charge on any atom is 0.306 e. The Morgan fingerprint density at radius 3 is 1.92 bits per heavy atom. The van der Waals surface area contributed by atoms with Gasteiger partial charge in [0.25, 0.3) is 0 Å². The maximum atomic E-state index is 11.2. The van der Waals surface area contributed by atoms with E-state index in [1.807, 2.05) is 6.07 Å². The number of hydrogen-bond acceptors (Lipinski definition) is 2. The summed E-state index contributed by atoms with van der Waals surface area (Å²) in [5.41, 5.74) is 1.41. The molecule has 0 radical (unpaired) electrons. The van der Waals surface area contributed by atoms with Crippen LogP contribution in [0.1, 0.15) is 76.2 Å². The molecule has 0 saturated heterocycles. The minimum atomic E-state index is -0.851. The molecular formula is C21H32O4. The zero-order valence-corrected chi connectivity index (χ0v) is 15.2. The molecule has 0 bridgehead atoms. The molecule has 1 aromatic carbocycles. The number of aliphatic carboxylic acids is 2. The van der Waals surface area contributed by atoms with Crippen LogP contribution in [0.2, 0.25) is 0 Å². The number of carbonyl (C=O) groups is 2. The molecule has 0 saturated carbocycles. The average molecular weight is 348 g/mol. The van der Waals surface area contributed by atoms with Crippen LogP contribution in [0.3, 0.4) is 0 Å². The molecule has 1 atom stereocenters. The van der Waals surface area contributed by atoms with Gasteiger partial charge in [-0.25, -0.2) is 0 Å². The molecule has 4 nitrogen and oxygen atoms in total. The molecule has 0 aliphatic heterocycles. The first-order valence-corrected chi connectivity index (χ1v) is 9.58. The van der Waals surface area contributed by atoms with E-state index in [1.165, 1.54) is 31.2 Å². The van der Waals surface area contributed by atoms with Gasteiger partial charge in [-0.1, -0.05) is 68.9 Å². The molecule has 0 aliphatic rings. The second kappa shape index (κ2) is 13.5. The van der Waals surface area contributed by atoms with Crippen LogP contribution < -0.4 is 0 Å². The van der Waals surface area contributed by atoms with E-state index in [0.29, 0.717) is 19.3 Å². The molecule has 140 valence electrons. The molecule has 1 rings (SSSR count). The van der Waals surface area contributed by atoms with Crippen molar-refractivity contribution in [2.75, 3.05) is 0 Å². The van der Waals surface area contributed by atoms with E-state index in [2.05, 4.69) is 24.3 Å². The predicted molar refractivity (Wildman–Crippen MR) is 99.7 cm³/mol. The molecule has 0 amide bonds. The summed E-state index contributed by atoms with van der Waals surface area (Å²) < 4.78 is 0. The van der Waals surface area contributed by atoms with Gasteiger partial charge >= 0.3 is 11.9 Å². The molecule has 0 aliphatic carbocycles. The second-order valence-electron chi connectivity index (χ2n) is 6.82. The van der Waals surface area contributed by atoms with Crippen LogP contribution in [-0.4, -0.2) is 22.2 Å². The van der Waals surface area contributed by atoms with E-state index >= 15 is 0 Å². The number of rotatable bonds is 15. The van der Waals surface area contributed by atoms with Gasteiger partial charge < -0.3 is 10.2 Å². The van der Waals surface area contributed by atoms with Crippen LogP contribution >= 0.6 is 0 Å². The maximum absolute atomic E-state index is 11.2. The quantitative estimate of drug-likeness (QED) is 0.421. The number of unbranched alkanes of at least 4 members (excludes halogenated alkanes) is 6. The Bertz CT molecular complexity index is 484. The summed E-state index contributed by atoms with van der Waals surface area (Å²) in [4.78, 5) is 21.7. The fraction of sp³-hybridized carbons (Fsp3) is 0.619. The van der Waals surface area contributed by atoms with E-state index in [1.54, 1.807) is 0 Å². The van der Waals surface area contributed by atoms with Gasteiger partial charge in [-0.3, -0.25) is 9.59 Å². The lowest BCUT2D eigenvalue weighted by atomic mass is 9.95. The van der Waals surface area contributed by atoms with E-state index < -0.39 is 11.9 Å². The first kappa shape index (κ1) is 21.2. The van der Waals surface area contributed by atoms with E-state index in [-0.39, 0.29) is 12.3 Å². The molecule has 0 spiro atoms. The Labute approximate surface area is 151 Å². The lowest BCUT2D eigenvalue weighted by Gasteiger charge is -2.11. The van der Waals surface area contributed by atoms with E-state index in [4.69, 9.17) is 5.11 Å². The molecule has 2 N–H and O–H groups in total. The highest BCUT2D eigenvalue weighted by Crippen LogP contribution is 2.18. The molecule has 1 unspecified atom stereocenters. The first-order valence-electron chi connectivity index (χ1n) is 9.58. The molecule has 25 heavy (non-hydrogen) atoms. The summed E-state index contributed by atoms with van der Waals surface area (Å²) in [5, 5.41) is 17.8. The van der Waals surface area contributed by atoms with Crippen molar-refractivity contribution in [3.63, 3.8) is 0 Å². The number of aryl methyl sites for hydroxylation is 1. The van der Waals surface area contributed by atoms with Gasteiger partial charge in [0.15, 0.2) is 0 Å². The third kappa shape index (κ3) is 11.4. The lowest BCUT2D eigenvalue weighted by molar-refractivity contribution is -0.143. The van der Waals surface area contributed by atoms with Crippen molar-refractivity contribution in [3.05, 3.63) is 35.9 Å². The van der Waals surface area contributed by atoms with Crippen LogP contribution in [-0.2, 0) is 16.0 Å². The highest BCUT2D eigenvalue weighted by atomic mass is 16.4. The van der Waals surface area contributed by atoms with E-state index in [0.717, 1.165) is 25.7 Å². The average Bonchev–Trinajstić information content (AvgIpc) is 2.59. The fourth-order valence-electron chi connectivity index (χ4n) is 3.14. The molecule has 0 aromatic heterocycles. The normalized spacial score (nSPS) is 12.0. The minimum Gasteiger partial charge on any atom is -0.481 e. The van der Waals surface area contributed by atoms with Crippen LogP contribution in [0.15, 0.2) is 30.3 Å². The van der Waals surface area contributed by atoms with Crippen molar-refractivity contribution >= 4 is 11.9 Å². The van der Waals surface area contributed by atoms with Crippen molar-refractivity contribution in [1.29, 1.82) is 0 Å². The zero-order valence-electron chi connectivity index (χ0n) is 15.2. The third-order valence-corrected chi connectivity index (χ3v) is 4.65. The van der Waals surface area contributed by atoms with Crippen LogP contribution in [0.25, 0.3) is 0 Å². The first-order chi connectivity index (χ1) is 12.1. The Balaban J connectivity index is 1.97. The largest absolute Gasteiger partial charge is 0.481 e. The Kier molecular flexibility index (Phi) is 11.4. The van der Waals surface area contributed by atoms with E-state index in [9.17, 15) is 14.7 Å². The van der Waals surface area contributed by atoms with Gasteiger partial charge in [-0.2, -0.15) is 0 Å². The highest BCUT2D eigenvalue weighted by Gasteiger charge is 2.16. The van der Waals surface area contributed by atoms with Crippen molar-refractivity contribution in [2.45, 2.75) is 77.0 Å². The number of hydrogen-bond donors (Lipinski definition) is 2. The monoisotopic (exact) mass is 348 g/mol. The van der Waals surface area contributed by atoms with Crippen LogP contribution in [0, 0.1) is 5.92 Å². The Morgan fingerprint density at radius 2 is 1.32 bits per heavy atom. The lowest BCUT2D eigenvalue weighted by Crippen LogP contribution is -2.14. The molecular weight excluding hydrogens is 316 g/mol. The van der Waals surface area contributed by atoms with Gasteiger partial charge in [0.05, 0.1) is 5.92 Å². The molecule has 4 heteroatoms. The zero-order chi connectivity index (χ0) is 18.3. The minimum absolute atomic E-state index is 0.0623. The SMILES string of the molecule is O=C(O)CCCC(CCCCCCCCCc1ccccc1)C(=O)O. The number of benzene rings is 1. The summed E-state index contributed by atoms with van der Waals surface area (Å²) >= 11 is 0. The van der Waals surface area contributed by atoms with Crippen molar-refractivity contribution in [2.24, 2.45) is 5.92 Å². The van der Waals surface area contributed by atoms with Crippen molar-refractivity contribution in [1.82, 2.24) is 0 Å². The standard InChI is InChI=1S/C21H32O4/c22-20(23)17-11-16-19(21(24)25)15-10-5-3-1-2-4-7-12-18-13-8-6-9-14-18/h6,8-9,13-14,19H,1-5,7,10-12,15-17H2,(H,22,23)(H,24,25).